The first-order valence-electron chi connectivity index (χ1n) is 7.87. The van der Waals surface area contributed by atoms with Crippen molar-refractivity contribution in [3.05, 3.63) is 51.5 Å². The smallest absolute Gasteiger partial charge is 0.263 e. The highest BCUT2D eigenvalue weighted by Crippen LogP contribution is 2.32. The second kappa shape index (κ2) is 7.82. The summed E-state index contributed by atoms with van der Waals surface area (Å²) in [5, 5.41) is 0.828. The summed E-state index contributed by atoms with van der Waals surface area (Å²) in [7, 11) is -1.85. The Hall–Kier alpha value is -1.18. The number of benzene rings is 2. The molecule has 0 unspecified atom stereocenters. The summed E-state index contributed by atoms with van der Waals surface area (Å²) in [6.07, 6.45) is 0.915. The molecule has 1 aliphatic heterocycles. The van der Waals surface area contributed by atoms with Gasteiger partial charge >= 0.3 is 0 Å². The molecule has 0 saturated carbocycles. The molecule has 140 valence electrons. The molecular formula is C17H17Cl3N2O3S. The molecule has 3 rings (SSSR count). The van der Waals surface area contributed by atoms with Crippen LogP contribution >= 0.6 is 34.8 Å². The number of nitrogens with one attached hydrogen (secondary N) is 1. The topological polar surface area (TPSA) is 58.6 Å². The predicted molar refractivity (Wildman–Crippen MR) is 105 cm³/mol. The normalized spacial score (nSPS) is 18.1. The van der Waals surface area contributed by atoms with Gasteiger partial charge in [0, 0.05) is 24.2 Å². The van der Waals surface area contributed by atoms with Crippen molar-refractivity contribution < 1.29 is 13.2 Å². The average Bonchev–Trinajstić information content (AvgIpc) is 2.95. The fourth-order valence-electron chi connectivity index (χ4n) is 2.73. The van der Waals surface area contributed by atoms with E-state index < -0.39 is 10.0 Å². The molecule has 2 aromatic rings. The van der Waals surface area contributed by atoms with Crippen LogP contribution in [0.2, 0.25) is 15.1 Å². The van der Waals surface area contributed by atoms with E-state index in [-0.39, 0.29) is 16.0 Å². The predicted octanol–water partition coefficient (Wildman–Crippen LogP) is 4.53. The summed E-state index contributed by atoms with van der Waals surface area (Å²) in [4.78, 5) is 2.10. The number of anilines is 1. The fraction of sp³-hybridized carbons (Fsp3) is 0.294. The van der Waals surface area contributed by atoms with Gasteiger partial charge in [-0.15, -0.1) is 0 Å². The van der Waals surface area contributed by atoms with Crippen molar-refractivity contribution >= 4 is 50.5 Å². The van der Waals surface area contributed by atoms with Crippen LogP contribution in [0.5, 0.6) is 5.75 Å². The van der Waals surface area contributed by atoms with Crippen LogP contribution in [0.25, 0.3) is 0 Å². The highest BCUT2D eigenvalue weighted by molar-refractivity contribution is 7.92. The van der Waals surface area contributed by atoms with E-state index in [1.165, 1.54) is 18.2 Å². The Morgan fingerprint density at radius 3 is 2.54 bits per heavy atom. The first kappa shape index (κ1) is 19.6. The summed E-state index contributed by atoms with van der Waals surface area (Å²) < 4.78 is 33.6. The first-order chi connectivity index (χ1) is 12.2. The van der Waals surface area contributed by atoms with E-state index in [9.17, 15) is 8.42 Å². The van der Waals surface area contributed by atoms with Crippen molar-refractivity contribution in [1.29, 1.82) is 0 Å². The molecule has 26 heavy (non-hydrogen) atoms. The number of halogens is 3. The second-order valence-electron chi connectivity index (χ2n) is 6.12. The number of rotatable bonds is 5. The molecule has 5 nitrogen and oxygen atoms in total. The van der Waals surface area contributed by atoms with Crippen molar-refractivity contribution in [2.75, 3.05) is 24.9 Å². The minimum Gasteiger partial charge on any atom is -0.487 e. The number of nitrogens with zero attached hydrogens (tertiary/aromatic N) is 1. The van der Waals surface area contributed by atoms with Crippen molar-refractivity contribution in [1.82, 2.24) is 4.90 Å². The van der Waals surface area contributed by atoms with Crippen LogP contribution in [0.1, 0.15) is 6.42 Å². The highest BCUT2D eigenvalue weighted by atomic mass is 35.5. The monoisotopic (exact) mass is 434 g/mol. The van der Waals surface area contributed by atoms with E-state index in [1.807, 2.05) is 7.05 Å². The molecule has 0 amide bonds. The molecule has 1 heterocycles. The third-order valence-corrected chi connectivity index (χ3v) is 6.42. The van der Waals surface area contributed by atoms with E-state index in [0.29, 0.717) is 21.5 Å². The SMILES string of the molecule is CN1CC[C@@H](Oc2cc(NS(=O)(=O)c3ccc(Cl)cc3Cl)ccc2Cl)C1. The standard InChI is InChI=1S/C17H17Cl3N2O3S/c1-22-7-6-13(10-22)25-16-9-12(3-4-14(16)19)21-26(23,24)17-5-2-11(18)8-15(17)20/h2-5,8-9,13,21H,6-7,10H2,1H3/t13-/m1/s1. The highest BCUT2D eigenvalue weighted by Gasteiger charge is 2.23. The van der Waals surface area contributed by atoms with Crippen LogP contribution in [-0.4, -0.2) is 39.6 Å². The average molecular weight is 436 g/mol. The molecule has 1 N–H and O–H groups in total. The van der Waals surface area contributed by atoms with E-state index in [2.05, 4.69) is 9.62 Å². The number of hydrogen-bond donors (Lipinski definition) is 1. The molecule has 1 fully saturated rings. The second-order valence-corrected chi connectivity index (χ2v) is 9.02. The van der Waals surface area contributed by atoms with Gasteiger partial charge in [-0.05, 0) is 43.8 Å². The van der Waals surface area contributed by atoms with Crippen molar-refractivity contribution in [2.45, 2.75) is 17.4 Å². The maximum Gasteiger partial charge on any atom is 0.263 e. The quantitative estimate of drug-likeness (QED) is 0.749. The number of hydrogen-bond acceptors (Lipinski definition) is 4. The van der Waals surface area contributed by atoms with Gasteiger partial charge in [0.1, 0.15) is 16.7 Å². The van der Waals surface area contributed by atoms with Gasteiger partial charge in [-0.1, -0.05) is 34.8 Å². The van der Waals surface area contributed by atoms with Gasteiger partial charge in [-0.25, -0.2) is 8.42 Å². The fourth-order valence-corrected chi connectivity index (χ4v) is 4.72. The zero-order valence-electron chi connectivity index (χ0n) is 13.9. The molecule has 1 saturated heterocycles. The number of ether oxygens (including phenoxy) is 1. The van der Waals surface area contributed by atoms with Gasteiger partial charge in [0.2, 0.25) is 0 Å². The van der Waals surface area contributed by atoms with Gasteiger partial charge in [-0.3, -0.25) is 4.72 Å². The zero-order chi connectivity index (χ0) is 18.9. The Bertz CT molecular complexity index is 921. The molecule has 1 aliphatic rings. The van der Waals surface area contributed by atoms with E-state index >= 15 is 0 Å². The zero-order valence-corrected chi connectivity index (χ0v) is 17.0. The van der Waals surface area contributed by atoms with Crippen LogP contribution in [0, 0.1) is 0 Å². The number of likely N-dealkylation sites (N-methyl/N-ethyl adjacent to an activating group) is 1. The van der Waals surface area contributed by atoms with Crippen LogP contribution < -0.4 is 9.46 Å². The molecule has 0 bridgehead atoms. The Kier molecular flexibility index (Phi) is 5.89. The lowest BCUT2D eigenvalue weighted by Gasteiger charge is -2.16. The summed E-state index contributed by atoms with van der Waals surface area (Å²) in [5.41, 5.74) is 0.335. The molecular weight excluding hydrogens is 419 g/mol. The molecule has 0 spiro atoms. The molecule has 2 aromatic carbocycles. The van der Waals surface area contributed by atoms with Crippen LogP contribution in [0.3, 0.4) is 0 Å². The summed E-state index contributed by atoms with van der Waals surface area (Å²) >= 11 is 18.0. The molecule has 0 radical (unpaired) electrons. The molecule has 9 heteroatoms. The largest absolute Gasteiger partial charge is 0.487 e. The van der Waals surface area contributed by atoms with Gasteiger partial charge in [0.05, 0.1) is 15.7 Å². The molecule has 0 aliphatic carbocycles. The lowest BCUT2D eigenvalue weighted by atomic mass is 10.3. The lowest BCUT2D eigenvalue weighted by molar-refractivity contribution is 0.208. The lowest BCUT2D eigenvalue weighted by Crippen LogP contribution is -2.21. The van der Waals surface area contributed by atoms with Crippen molar-refractivity contribution in [3.63, 3.8) is 0 Å². The van der Waals surface area contributed by atoms with Crippen LogP contribution in [-0.2, 0) is 10.0 Å². The maximum absolute atomic E-state index is 12.6. The summed E-state index contributed by atoms with van der Waals surface area (Å²) in [6.45, 7) is 1.75. The Balaban J connectivity index is 1.82. The van der Waals surface area contributed by atoms with E-state index in [1.54, 1.807) is 18.2 Å². The minimum atomic E-state index is -3.87. The van der Waals surface area contributed by atoms with Gasteiger partial charge < -0.3 is 9.64 Å². The van der Waals surface area contributed by atoms with Gasteiger partial charge in [0.25, 0.3) is 10.0 Å². The van der Waals surface area contributed by atoms with Gasteiger partial charge in [-0.2, -0.15) is 0 Å². The Labute approximate surface area is 167 Å². The number of likely N-dealkylation sites (tertiary alicyclic amines) is 1. The minimum absolute atomic E-state index is 0.0232. The maximum atomic E-state index is 12.6. The molecule has 1 atom stereocenters. The van der Waals surface area contributed by atoms with Crippen LogP contribution in [0.15, 0.2) is 41.3 Å². The van der Waals surface area contributed by atoms with Crippen molar-refractivity contribution in [2.24, 2.45) is 0 Å². The Morgan fingerprint density at radius 2 is 1.88 bits per heavy atom. The third-order valence-electron chi connectivity index (χ3n) is 4.01. The molecule has 0 aromatic heterocycles. The number of sulfonamides is 1. The summed E-state index contributed by atoms with van der Waals surface area (Å²) in [5.74, 6) is 0.439. The van der Waals surface area contributed by atoms with Crippen LogP contribution in [0.4, 0.5) is 5.69 Å². The van der Waals surface area contributed by atoms with E-state index in [4.69, 9.17) is 39.5 Å². The Morgan fingerprint density at radius 1 is 1.12 bits per heavy atom. The van der Waals surface area contributed by atoms with E-state index in [0.717, 1.165) is 19.5 Å². The first-order valence-corrected chi connectivity index (χ1v) is 10.5. The third kappa shape index (κ3) is 4.56. The van der Waals surface area contributed by atoms with Crippen molar-refractivity contribution in [3.8, 4) is 5.75 Å². The van der Waals surface area contributed by atoms with Gasteiger partial charge in [0.15, 0.2) is 0 Å². The summed E-state index contributed by atoms with van der Waals surface area (Å²) in [6, 6.07) is 8.94.